The second kappa shape index (κ2) is 5.16. The van der Waals surface area contributed by atoms with Crippen LogP contribution in [0.5, 0.6) is 0 Å². The van der Waals surface area contributed by atoms with Crippen LogP contribution in [0.25, 0.3) is 16.7 Å². The predicted molar refractivity (Wildman–Crippen MR) is 85.5 cm³/mol. The van der Waals surface area contributed by atoms with E-state index >= 15 is 0 Å². The van der Waals surface area contributed by atoms with Gasteiger partial charge >= 0.3 is 5.97 Å². The molecule has 0 aliphatic rings. The van der Waals surface area contributed by atoms with E-state index in [9.17, 15) is 4.79 Å². The Labute approximate surface area is 134 Å². The molecule has 0 amide bonds. The lowest BCUT2D eigenvalue weighted by atomic mass is 10.2. The number of nitrogens with zero attached hydrogens (tertiary/aromatic N) is 2. The molecular weight excluding hydrogens is 356 g/mol. The van der Waals surface area contributed by atoms with Crippen molar-refractivity contribution >= 4 is 44.5 Å². The number of carboxylic acids is 1. The smallest absolute Gasteiger partial charge is 0.335 e. The van der Waals surface area contributed by atoms with Crippen LogP contribution < -0.4 is 0 Å². The lowest BCUT2D eigenvalue weighted by Crippen LogP contribution is -1.98. The Morgan fingerprint density at radius 3 is 2.71 bits per heavy atom. The van der Waals surface area contributed by atoms with E-state index in [-0.39, 0.29) is 5.56 Å². The van der Waals surface area contributed by atoms with Gasteiger partial charge in [0.1, 0.15) is 5.82 Å². The highest BCUT2D eigenvalue weighted by molar-refractivity contribution is 9.10. The van der Waals surface area contributed by atoms with Gasteiger partial charge in [0.15, 0.2) is 0 Å². The Bertz CT molecular complexity index is 873. The molecule has 0 spiro atoms. The van der Waals surface area contributed by atoms with Gasteiger partial charge in [-0.3, -0.25) is 4.57 Å². The zero-order chi connectivity index (χ0) is 15.1. The number of carboxylic acid groups (broad SMARTS) is 1. The highest BCUT2D eigenvalue weighted by atomic mass is 79.9. The van der Waals surface area contributed by atoms with Gasteiger partial charge in [-0.2, -0.15) is 0 Å². The molecule has 0 bridgehead atoms. The summed E-state index contributed by atoms with van der Waals surface area (Å²) in [6, 6.07) is 10.5. The van der Waals surface area contributed by atoms with Gasteiger partial charge in [0, 0.05) is 10.2 Å². The molecular formula is C15H10BrClN2O2. The third kappa shape index (κ3) is 2.43. The number of aromatic nitrogens is 2. The van der Waals surface area contributed by atoms with Gasteiger partial charge in [-0.25, -0.2) is 9.78 Å². The Hall–Kier alpha value is -1.85. The van der Waals surface area contributed by atoms with E-state index in [1.165, 1.54) is 0 Å². The number of hydrogen-bond acceptors (Lipinski definition) is 2. The predicted octanol–water partition coefficient (Wildman–Crippen LogP) is 4.45. The molecule has 2 aromatic carbocycles. The summed E-state index contributed by atoms with van der Waals surface area (Å²) >= 11 is 9.51. The molecule has 0 aliphatic heterocycles. The van der Waals surface area contributed by atoms with Crippen LogP contribution in [0.15, 0.2) is 40.9 Å². The maximum atomic E-state index is 11.0. The minimum absolute atomic E-state index is 0.223. The quantitative estimate of drug-likeness (QED) is 0.730. The maximum Gasteiger partial charge on any atom is 0.335 e. The summed E-state index contributed by atoms with van der Waals surface area (Å²) in [5.41, 5.74) is 2.59. The van der Waals surface area contributed by atoms with Gasteiger partial charge in [-0.1, -0.05) is 11.6 Å². The molecule has 0 fully saturated rings. The number of halogens is 2. The Morgan fingerprint density at radius 2 is 2.05 bits per heavy atom. The van der Waals surface area contributed by atoms with Crippen LogP contribution in [-0.4, -0.2) is 20.6 Å². The van der Waals surface area contributed by atoms with Gasteiger partial charge in [0.2, 0.25) is 0 Å². The van der Waals surface area contributed by atoms with Crippen LogP contribution in [0.3, 0.4) is 0 Å². The van der Waals surface area contributed by atoms with Crippen molar-refractivity contribution < 1.29 is 9.90 Å². The van der Waals surface area contributed by atoms with E-state index in [1.807, 2.05) is 29.7 Å². The van der Waals surface area contributed by atoms with Gasteiger partial charge < -0.3 is 5.11 Å². The molecule has 0 saturated carbocycles. The lowest BCUT2D eigenvalue weighted by Gasteiger charge is -2.08. The van der Waals surface area contributed by atoms with Crippen LogP contribution in [0.2, 0.25) is 5.02 Å². The van der Waals surface area contributed by atoms with Crippen LogP contribution in [0.1, 0.15) is 16.2 Å². The number of benzene rings is 2. The van der Waals surface area contributed by atoms with E-state index in [0.29, 0.717) is 10.5 Å². The van der Waals surface area contributed by atoms with E-state index in [2.05, 4.69) is 20.9 Å². The van der Waals surface area contributed by atoms with Crippen LogP contribution >= 0.6 is 27.5 Å². The van der Waals surface area contributed by atoms with Crippen molar-refractivity contribution in [1.29, 1.82) is 0 Å². The fourth-order valence-corrected chi connectivity index (χ4v) is 2.71. The molecule has 0 saturated heterocycles. The van der Waals surface area contributed by atoms with E-state index in [4.69, 9.17) is 16.7 Å². The first kappa shape index (κ1) is 14.1. The van der Waals surface area contributed by atoms with Crippen molar-refractivity contribution in [2.75, 3.05) is 0 Å². The molecule has 21 heavy (non-hydrogen) atoms. The summed E-state index contributed by atoms with van der Waals surface area (Å²) in [6.45, 7) is 1.87. The molecule has 106 valence electrons. The van der Waals surface area contributed by atoms with E-state index in [1.54, 1.807) is 18.2 Å². The summed E-state index contributed by atoms with van der Waals surface area (Å²) in [4.78, 5) is 15.5. The number of imidazole rings is 1. The molecule has 0 atom stereocenters. The third-order valence-electron chi connectivity index (χ3n) is 3.23. The average molecular weight is 366 g/mol. The second-order valence-electron chi connectivity index (χ2n) is 4.60. The topological polar surface area (TPSA) is 55.1 Å². The number of aromatic carboxylic acids is 1. The SMILES string of the molecule is Cc1nc2cc(C(=O)O)ccc2n1-c1ccc(Br)c(Cl)c1. The molecule has 1 aromatic heterocycles. The molecule has 3 aromatic rings. The Balaban J connectivity index is 2.25. The van der Waals surface area contributed by atoms with Gasteiger partial charge in [0.05, 0.1) is 21.6 Å². The molecule has 0 aliphatic carbocycles. The molecule has 4 nitrogen and oxygen atoms in total. The molecule has 1 N–H and O–H groups in total. The fourth-order valence-electron chi connectivity index (χ4n) is 2.28. The van der Waals surface area contributed by atoms with E-state index < -0.39 is 5.97 Å². The highest BCUT2D eigenvalue weighted by Gasteiger charge is 2.12. The highest BCUT2D eigenvalue weighted by Crippen LogP contribution is 2.28. The first-order chi connectivity index (χ1) is 9.97. The number of hydrogen-bond donors (Lipinski definition) is 1. The fraction of sp³-hybridized carbons (Fsp3) is 0.0667. The summed E-state index contributed by atoms with van der Waals surface area (Å²) in [5.74, 6) is -0.193. The average Bonchev–Trinajstić information content (AvgIpc) is 2.76. The molecule has 0 radical (unpaired) electrons. The minimum Gasteiger partial charge on any atom is -0.478 e. The number of fused-ring (bicyclic) bond motifs is 1. The Kier molecular flexibility index (Phi) is 3.47. The summed E-state index contributed by atoms with van der Waals surface area (Å²) in [7, 11) is 0. The first-order valence-corrected chi connectivity index (χ1v) is 7.32. The maximum absolute atomic E-state index is 11.0. The van der Waals surface area contributed by atoms with Crippen molar-refractivity contribution in [2.24, 2.45) is 0 Å². The summed E-state index contributed by atoms with van der Waals surface area (Å²) < 4.78 is 2.77. The van der Waals surface area contributed by atoms with Crippen molar-refractivity contribution in [3.63, 3.8) is 0 Å². The standard InChI is InChI=1S/C15H10BrClN2O2/c1-8-18-13-6-9(15(20)21)2-5-14(13)19(8)10-3-4-11(16)12(17)7-10/h2-7H,1H3,(H,20,21). The van der Waals surface area contributed by atoms with Crippen molar-refractivity contribution in [1.82, 2.24) is 9.55 Å². The number of rotatable bonds is 2. The zero-order valence-corrected chi connectivity index (χ0v) is 13.3. The first-order valence-electron chi connectivity index (χ1n) is 6.15. The summed E-state index contributed by atoms with van der Waals surface area (Å²) in [5, 5.41) is 9.65. The Morgan fingerprint density at radius 1 is 1.29 bits per heavy atom. The van der Waals surface area contributed by atoms with E-state index in [0.717, 1.165) is 21.5 Å². The second-order valence-corrected chi connectivity index (χ2v) is 5.86. The normalized spacial score (nSPS) is 11.0. The van der Waals surface area contributed by atoms with Crippen molar-refractivity contribution in [2.45, 2.75) is 6.92 Å². The van der Waals surface area contributed by atoms with Crippen LogP contribution in [-0.2, 0) is 0 Å². The zero-order valence-electron chi connectivity index (χ0n) is 11.0. The minimum atomic E-state index is -0.962. The monoisotopic (exact) mass is 364 g/mol. The lowest BCUT2D eigenvalue weighted by molar-refractivity contribution is 0.0697. The van der Waals surface area contributed by atoms with Gasteiger partial charge in [-0.15, -0.1) is 0 Å². The summed E-state index contributed by atoms with van der Waals surface area (Å²) in [6.07, 6.45) is 0. The van der Waals surface area contributed by atoms with Crippen LogP contribution in [0, 0.1) is 6.92 Å². The number of carbonyl (C=O) groups is 1. The van der Waals surface area contributed by atoms with Crippen LogP contribution in [0.4, 0.5) is 0 Å². The van der Waals surface area contributed by atoms with Crippen molar-refractivity contribution in [3.05, 3.63) is 57.3 Å². The van der Waals surface area contributed by atoms with Crippen molar-refractivity contribution in [3.8, 4) is 5.69 Å². The molecule has 1 heterocycles. The molecule has 6 heteroatoms. The number of aryl methyl sites for hydroxylation is 1. The largest absolute Gasteiger partial charge is 0.478 e. The third-order valence-corrected chi connectivity index (χ3v) is 4.46. The van der Waals surface area contributed by atoms with Gasteiger partial charge in [0.25, 0.3) is 0 Å². The van der Waals surface area contributed by atoms with Gasteiger partial charge in [-0.05, 0) is 59.3 Å². The molecule has 3 rings (SSSR count). The molecule has 0 unspecified atom stereocenters.